The number of pyridine rings is 1. The second kappa shape index (κ2) is 6.22. The first-order valence-electron chi connectivity index (χ1n) is 7.56. The predicted octanol–water partition coefficient (Wildman–Crippen LogP) is 1.50. The standard InChI is InChI=1S/C15H22N6/c1-3-4-16-9-13-7-12(2)18-14(8-13)20-5-6-21-11-17-19-15(21)10-20/h7-8,11,16H,3-6,9-10H2,1-2H3. The minimum absolute atomic E-state index is 0.776. The van der Waals surface area contributed by atoms with Crippen LogP contribution in [0.5, 0.6) is 0 Å². The quantitative estimate of drug-likeness (QED) is 0.844. The summed E-state index contributed by atoms with van der Waals surface area (Å²) >= 11 is 0. The Labute approximate surface area is 125 Å². The monoisotopic (exact) mass is 286 g/mol. The fourth-order valence-electron chi connectivity index (χ4n) is 2.66. The normalized spacial score (nSPS) is 14.3. The summed E-state index contributed by atoms with van der Waals surface area (Å²) in [6, 6.07) is 4.33. The summed E-state index contributed by atoms with van der Waals surface area (Å²) in [6.45, 7) is 8.82. The second-order valence-electron chi connectivity index (χ2n) is 5.51. The van der Waals surface area contributed by atoms with E-state index in [0.717, 1.165) is 56.5 Å². The van der Waals surface area contributed by atoms with Gasteiger partial charge >= 0.3 is 0 Å². The number of nitrogens with zero attached hydrogens (tertiary/aromatic N) is 5. The zero-order chi connectivity index (χ0) is 14.7. The topological polar surface area (TPSA) is 58.9 Å². The van der Waals surface area contributed by atoms with E-state index in [1.54, 1.807) is 6.33 Å². The third-order valence-electron chi connectivity index (χ3n) is 3.72. The molecule has 6 nitrogen and oxygen atoms in total. The molecule has 3 rings (SSSR count). The Kier molecular flexibility index (Phi) is 4.15. The van der Waals surface area contributed by atoms with Crippen LogP contribution in [-0.4, -0.2) is 32.8 Å². The molecule has 0 unspecified atom stereocenters. The van der Waals surface area contributed by atoms with E-state index in [1.807, 2.05) is 0 Å². The van der Waals surface area contributed by atoms with Gasteiger partial charge in [-0.15, -0.1) is 10.2 Å². The number of nitrogens with one attached hydrogen (secondary N) is 1. The van der Waals surface area contributed by atoms with E-state index in [0.29, 0.717) is 0 Å². The largest absolute Gasteiger partial charge is 0.347 e. The van der Waals surface area contributed by atoms with Crippen molar-refractivity contribution < 1.29 is 0 Å². The van der Waals surface area contributed by atoms with Gasteiger partial charge in [0.25, 0.3) is 0 Å². The Morgan fingerprint density at radius 3 is 3.05 bits per heavy atom. The minimum atomic E-state index is 0.776. The lowest BCUT2D eigenvalue weighted by molar-refractivity contribution is 0.555. The van der Waals surface area contributed by atoms with Crippen molar-refractivity contribution in [1.82, 2.24) is 25.1 Å². The number of aryl methyl sites for hydroxylation is 1. The Morgan fingerprint density at radius 2 is 2.19 bits per heavy atom. The van der Waals surface area contributed by atoms with Crippen molar-refractivity contribution in [2.24, 2.45) is 0 Å². The highest BCUT2D eigenvalue weighted by molar-refractivity contribution is 5.43. The number of fused-ring (bicyclic) bond motifs is 1. The molecule has 3 heterocycles. The lowest BCUT2D eigenvalue weighted by atomic mass is 10.2. The van der Waals surface area contributed by atoms with Crippen LogP contribution in [0.1, 0.15) is 30.4 Å². The Bertz CT molecular complexity index is 606. The van der Waals surface area contributed by atoms with Crippen molar-refractivity contribution in [2.75, 3.05) is 18.0 Å². The molecule has 0 aromatic carbocycles. The highest BCUT2D eigenvalue weighted by Crippen LogP contribution is 2.20. The van der Waals surface area contributed by atoms with Crippen molar-refractivity contribution in [3.05, 3.63) is 35.5 Å². The molecule has 0 saturated heterocycles. The van der Waals surface area contributed by atoms with E-state index in [-0.39, 0.29) is 0 Å². The van der Waals surface area contributed by atoms with Gasteiger partial charge in [0.1, 0.15) is 12.1 Å². The average molecular weight is 286 g/mol. The SMILES string of the molecule is CCCNCc1cc(C)nc(N2CCn3cnnc3C2)c1. The Balaban J connectivity index is 1.76. The maximum absolute atomic E-state index is 4.68. The molecule has 0 fully saturated rings. The molecule has 0 atom stereocenters. The molecule has 0 spiro atoms. The van der Waals surface area contributed by atoms with Gasteiger partial charge in [-0.2, -0.15) is 0 Å². The van der Waals surface area contributed by atoms with E-state index in [4.69, 9.17) is 0 Å². The molecule has 1 aliphatic heterocycles. The molecule has 2 aromatic heterocycles. The van der Waals surface area contributed by atoms with E-state index >= 15 is 0 Å². The van der Waals surface area contributed by atoms with Crippen LogP contribution in [0.2, 0.25) is 0 Å². The van der Waals surface area contributed by atoms with Crippen LogP contribution in [0.15, 0.2) is 18.5 Å². The van der Waals surface area contributed by atoms with E-state index in [2.05, 4.69) is 55.9 Å². The third-order valence-corrected chi connectivity index (χ3v) is 3.72. The van der Waals surface area contributed by atoms with Gasteiger partial charge in [0.15, 0.2) is 5.82 Å². The molecule has 2 aromatic rings. The molecule has 0 saturated carbocycles. The van der Waals surface area contributed by atoms with E-state index in [9.17, 15) is 0 Å². The molecule has 1 N–H and O–H groups in total. The first kappa shape index (κ1) is 14.0. The zero-order valence-corrected chi connectivity index (χ0v) is 12.7. The maximum Gasteiger partial charge on any atom is 0.152 e. The molecule has 0 amide bonds. The maximum atomic E-state index is 4.68. The van der Waals surface area contributed by atoms with E-state index < -0.39 is 0 Å². The zero-order valence-electron chi connectivity index (χ0n) is 12.7. The molecule has 1 aliphatic rings. The van der Waals surface area contributed by atoms with Crippen molar-refractivity contribution >= 4 is 5.82 Å². The Morgan fingerprint density at radius 1 is 1.29 bits per heavy atom. The van der Waals surface area contributed by atoms with Crippen LogP contribution >= 0.6 is 0 Å². The lowest BCUT2D eigenvalue weighted by Gasteiger charge is -2.28. The predicted molar refractivity (Wildman–Crippen MR) is 82.0 cm³/mol. The van der Waals surface area contributed by atoms with Gasteiger partial charge in [0.2, 0.25) is 0 Å². The van der Waals surface area contributed by atoms with Crippen molar-refractivity contribution in [2.45, 2.75) is 39.9 Å². The van der Waals surface area contributed by atoms with Crippen LogP contribution in [0.3, 0.4) is 0 Å². The highest BCUT2D eigenvalue weighted by atomic mass is 15.3. The first-order valence-corrected chi connectivity index (χ1v) is 7.56. The number of aromatic nitrogens is 4. The molecule has 0 radical (unpaired) electrons. The Hall–Kier alpha value is -1.95. The fourth-order valence-corrected chi connectivity index (χ4v) is 2.66. The van der Waals surface area contributed by atoms with Gasteiger partial charge < -0.3 is 14.8 Å². The van der Waals surface area contributed by atoms with Gasteiger partial charge in [-0.05, 0) is 37.6 Å². The van der Waals surface area contributed by atoms with Crippen molar-refractivity contribution in [3.63, 3.8) is 0 Å². The molecular weight excluding hydrogens is 264 g/mol. The highest BCUT2D eigenvalue weighted by Gasteiger charge is 2.19. The number of rotatable bonds is 5. The number of hydrogen-bond donors (Lipinski definition) is 1. The minimum Gasteiger partial charge on any atom is -0.347 e. The second-order valence-corrected chi connectivity index (χ2v) is 5.51. The molecular formula is C15H22N6. The summed E-state index contributed by atoms with van der Waals surface area (Å²) in [6.07, 6.45) is 2.95. The van der Waals surface area contributed by atoms with Gasteiger partial charge in [-0.3, -0.25) is 0 Å². The molecule has 0 bridgehead atoms. The summed E-state index contributed by atoms with van der Waals surface area (Å²) in [7, 11) is 0. The van der Waals surface area contributed by atoms with Crippen LogP contribution < -0.4 is 10.2 Å². The van der Waals surface area contributed by atoms with Crippen LogP contribution in [0, 0.1) is 6.92 Å². The molecule has 0 aliphatic carbocycles. The smallest absolute Gasteiger partial charge is 0.152 e. The van der Waals surface area contributed by atoms with Crippen molar-refractivity contribution in [1.29, 1.82) is 0 Å². The van der Waals surface area contributed by atoms with Gasteiger partial charge in [0.05, 0.1) is 6.54 Å². The fraction of sp³-hybridized carbons (Fsp3) is 0.533. The summed E-state index contributed by atoms with van der Waals surface area (Å²) in [5.74, 6) is 2.05. The molecule has 21 heavy (non-hydrogen) atoms. The number of hydrogen-bond acceptors (Lipinski definition) is 5. The van der Waals surface area contributed by atoms with E-state index in [1.165, 1.54) is 5.56 Å². The summed E-state index contributed by atoms with van der Waals surface area (Å²) in [5.41, 5.74) is 2.35. The summed E-state index contributed by atoms with van der Waals surface area (Å²) in [5, 5.41) is 11.6. The van der Waals surface area contributed by atoms with Gasteiger partial charge in [-0.25, -0.2) is 4.98 Å². The molecule has 6 heteroatoms. The van der Waals surface area contributed by atoms with Gasteiger partial charge in [0, 0.05) is 25.3 Å². The van der Waals surface area contributed by atoms with Crippen molar-refractivity contribution in [3.8, 4) is 0 Å². The third kappa shape index (κ3) is 3.21. The number of anilines is 1. The van der Waals surface area contributed by atoms with Gasteiger partial charge in [-0.1, -0.05) is 6.92 Å². The molecule has 112 valence electrons. The summed E-state index contributed by atoms with van der Waals surface area (Å²) in [4.78, 5) is 6.96. The summed E-state index contributed by atoms with van der Waals surface area (Å²) < 4.78 is 2.11. The average Bonchev–Trinajstić information content (AvgIpc) is 2.94. The van der Waals surface area contributed by atoms with Crippen LogP contribution in [-0.2, 0) is 19.6 Å². The lowest BCUT2D eigenvalue weighted by Crippen LogP contribution is -2.34. The first-order chi connectivity index (χ1) is 10.3. The van der Waals surface area contributed by atoms with Crippen LogP contribution in [0.25, 0.3) is 0 Å². The van der Waals surface area contributed by atoms with Crippen LogP contribution in [0.4, 0.5) is 5.82 Å².